The summed E-state index contributed by atoms with van der Waals surface area (Å²) < 4.78 is 2.40. The molecule has 0 aliphatic carbocycles. The molecule has 0 N–H and O–H groups in total. The summed E-state index contributed by atoms with van der Waals surface area (Å²) in [6, 6.07) is 68.8. The summed E-state index contributed by atoms with van der Waals surface area (Å²) >= 11 is 0. The van der Waals surface area contributed by atoms with E-state index in [4.69, 9.17) is 9.97 Å². The maximum absolute atomic E-state index is 5.07. The average Bonchev–Trinajstić information content (AvgIpc) is 3.63. The van der Waals surface area contributed by atoms with E-state index in [1.807, 2.05) is 30.3 Å². The fourth-order valence-electron chi connectivity index (χ4n) is 8.71. The molecule has 2 aromatic heterocycles. The molecule has 2 heterocycles. The topological polar surface area (TPSA) is 30.7 Å². The van der Waals surface area contributed by atoms with Crippen LogP contribution in [0.4, 0.5) is 0 Å². The molecular weight excluding hydrogens is 751 g/mol. The summed E-state index contributed by atoms with van der Waals surface area (Å²) in [5.41, 5.74) is 20.1. The number of hydrogen-bond acceptors (Lipinski definition) is 2. The first-order valence-corrected chi connectivity index (χ1v) is 21.6. The van der Waals surface area contributed by atoms with Gasteiger partial charge in [0.25, 0.3) is 0 Å². The Hall–Kier alpha value is -7.36. The predicted molar refractivity (Wildman–Crippen MR) is 263 cm³/mol. The van der Waals surface area contributed by atoms with Gasteiger partial charge in [-0.3, -0.25) is 0 Å². The van der Waals surface area contributed by atoms with Gasteiger partial charge in [-0.1, -0.05) is 172 Å². The molecule has 0 amide bonds. The molecule has 0 saturated carbocycles. The normalized spacial score (nSPS) is 11.2. The van der Waals surface area contributed by atoms with Crippen molar-refractivity contribution in [2.75, 3.05) is 0 Å². The second-order valence-corrected chi connectivity index (χ2v) is 16.6. The molecule has 0 saturated heterocycles. The number of fused-ring (bicyclic) bond motifs is 3. The maximum Gasteiger partial charge on any atom is 0.160 e. The minimum absolute atomic E-state index is 0.659. The van der Waals surface area contributed by atoms with Crippen LogP contribution in [0.25, 0.3) is 83.6 Å². The third kappa shape index (κ3) is 7.86. The zero-order valence-corrected chi connectivity index (χ0v) is 36.4. The van der Waals surface area contributed by atoms with Crippen molar-refractivity contribution < 1.29 is 0 Å². The maximum atomic E-state index is 5.07. The van der Waals surface area contributed by atoms with E-state index < -0.39 is 0 Å². The molecule has 0 fully saturated rings. The highest BCUT2D eigenvalue weighted by Gasteiger charge is 2.20. The summed E-state index contributed by atoms with van der Waals surface area (Å²) in [5, 5.41) is 2.49. The van der Waals surface area contributed by atoms with Gasteiger partial charge in [-0.05, 0) is 120 Å². The minimum Gasteiger partial charge on any atom is -0.309 e. The molecule has 0 atom stereocenters. The van der Waals surface area contributed by atoms with Crippen LogP contribution in [0.1, 0.15) is 47.6 Å². The van der Waals surface area contributed by atoms with Gasteiger partial charge in [0.2, 0.25) is 0 Å². The van der Waals surface area contributed by atoms with Gasteiger partial charge < -0.3 is 4.57 Å². The molecule has 0 spiro atoms. The highest BCUT2D eigenvalue weighted by molar-refractivity contribution is 6.11. The highest BCUT2D eigenvalue weighted by atomic mass is 15.0. The smallest absolute Gasteiger partial charge is 0.160 e. The number of aromatic nitrogens is 3. The Balaban J connectivity index is 0.000000486. The molecule has 3 heteroatoms. The minimum atomic E-state index is 0.659. The second-order valence-electron chi connectivity index (χ2n) is 16.6. The Kier molecular flexibility index (Phi) is 11.2. The van der Waals surface area contributed by atoms with Crippen molar-refractivity contribution in [1.82, 2.24) is 14.5 Å². The van der Waals surface area contributed by atoms with E-state index in [9.17, 15) is 0 Å². The van der Waals surface area contributed by atoms with Gasteiger partial charge in [0.15, 0.2) is 5.82 Å². The lowest BCUT2D eigenvalue weighted by Gasteiger charge is -2.20. The molecule has 10 aromatic rings. The molecule has 3 nitrogen and oxygen atoms in total. The molecule has 0 bridgehead atoms. The Morgan fingerprint density at radius 2 is 0.919 bits per heavy atom. The number of para-hydroxylation sites is 1. The molecule has 0 unspecified atom stereocenters. The van der Waals surface area contributed by atoms with Crippen molar-refractivity contribution in [3.05, 3.63) is 222 Å². The standard InChI is InChI=1S/C50H39N3.C9H12/c1-32-15-11-12-20-40(32)48-33(2)23-24-34(3)49(48)42-30-43-41-21-13-14-22-46(41)53(47(43)29-35(42)4)39-27-25-37(26-28-39)45-31-44(36-16-7-5-8-17-36)51-50(52-45)38-18-9-6-10-19-38;1-8(2)9-6-4-3-5-7-9/h5-31H,1-4H3;3-8H,1-2H3. The SMILES string of the molecule is CC(C)c1ccccc1.Cc1ccccc1-c1c(C)ccc(C)c1-c1cc2c3ccccc3n(-c3ccc(-c4cc(-c5ccccc5)nc(-c5ccccc5)n4)cc3)c2cc1C. The molecule has 8 aromatic carbocycles. The molecule has 0 aliphatic heterocycles. The number of rotatable bonds is 7. The lowest BCUT2D eigenvalue weighted by molar-refractivity contribution is 0.867. The Morgan fingerprint density at radius 1 is 0.387 bits per heavy atom. The van der Waals surface area contributed by atoms with Gasteiger partial charge in [-0.2, -0.15) is 0 Å². The summed E-state index contributed by atoms with van der Waals surface area (Å²) in [7, 11) is 0. The van der Waals surface area contributed by atoms with Crippen LogP contribution in [0.5, 0.6) is 0 Å². The van der Waals surface area contributed by atoms with E-state index in [1.165, 1.54) is 71.9 Å². The van der Waals surface area contributed by atoms with Crippen LogP contribution in [0.15, 0.2) is 194 Å². The van der Waals surface area contributed by atoms with Crippen LogP contribution in [0.2, 0.25) is 0 Å². The van der Waals surface area contributed by atoms with E-state index >= 15 is 0 Å². The van der Waals surface area contributed by atoms with Gasteiger partial charge in [-0.15, -0.1) is 0 Å². The van der Waals surface area contributed by atoms with Crippen LogP contribution in [0.3, 0.4) is 0 Å². The molecule has 62 heavy (non-hydrogen) atoms. The number of nitrogens with zero attached hydrogens (tertiary/aromatic N) is 3. The van der Waals surface area contributed by atoms with E-state index in [1.54, 1.807) is 0 Å². The Labute approximate surface area is 366 Å². The number of aryl methyl sites for hydroxylation is 4. The van der Waals surface area contributed by atoms with Gasteiger partial charge in [0, 0.05) is 33.2 Å². The van der Waals surface area contributed by atoms with Gasteiger partial charge in [0.05, 0.1) is 22.4 Å². The molecule has 302 valence electrons. The number of hydrogen-bond donors (Lipinski definition) is 0. The Morgan fingerprint density at radius 3 is 1.53 bits per heavy atom. The van der Waals surface area contributed by atoms with E-state index in [0.717, 1.165) is 33.8 Å². The number of benzene rings is 8. The largest absolute Gasteiger partial charge is 0.309 e. The first-order chi connectivity index (χ1) is 30.2. The summed E-state index contributed by atoms with van der Waals surface area (Å²) in [6.07, 6.45) is 0. The van der Waals surface area contributed by atoms with Crippen LogP contribution >= 0.6 is 0 Å². The summed E-state index contributed by atoms with van der Waals surface area (Å²) in [5.74, 6) is 1.38. The van der Waals surface area contributed by atoms with Gasteiger partial charge in [0.1, 0.15) is 0 Å². The fraction of sp³-hybridized carbons (Fsp3) is 0.119. The van der Waals surface area contributed by atoms with E-state index in [0.29, 0.717) is 11.7 Å². The summed E-state index contributed by atoms with van der Waals surface area (Å²) in [6.45, 7) is 13.4. The molecular formula is C59H51N3. The second kappa shape index (κ2) is 17.3. The highest BCUT2D eigenvalue weighted by Crippen LogP contribution is 2.43. The summed E-state index contributed by atoms with van der Waals surface area (Å²) in [4.78, 5) is 10.1. The van der Waals surface area contributed by atoms with Crippen molar-refractivity contribution in [1.29, 1.82) is 0 Å². The van der Waals surface area contributed by atoms with E-state index in [-0.39, 0.29) is 0 Å². The van der Waals surface area contributed by atoms with E-state index in [2.05, 4.69) is 210 Å². The molecule has 10 rings (SSSR count). The monoisotopic (exact) mass is 801 g/mol. The zero-order chi connectivity index (χ0) is 42.7. The van der Waals surface area contributed by atoms with Crippen LogP contribution in [0, 0.1) is 27.7 Å². The van der Waals surface area contributed by atoms with Crippen molar-refractivity contribution in [2.24, 2.45) is 0 Å². The third-order valence-electron chi connectivity index (χ3n) is 12.0. The third-order valence-corrected chi connectivity index (χ3v) is 12.0. The van der Waals surface area contributed by atoms with Crippen LogP contribution in [-0.4, -0.2) is 14.5 Å². The zero-order valence-electron chi connectivity index (χ0n) is 36.4. The quantitative estimate of drug-likeness (QED) is 0.161. The first kappa shape index (κ1) is 40.1. The van der Waals surface area contributed by atoms with Gasteiger partial charge >= 0.3 is 0 Å². The van der Waals surface area contributed by atoms with Crippen molar-refractivity contribution in [2.45, 2.75) is 47.5 Å². The van der Waals surface area contributed by atoms with Crippen molar-refractivity contribution in [3.8, 4) is 61.8 Å². The van der Waals surface area contributed by atoms with Crippen molar-refractivity contribution >= 4 is 21.8 Å². The van der Waals surface area contributed by atoms with Gasteiger partial charge in [-0.25, -0.2) is 9.97 Å². The predicted octanol–water partition coefficient (Wildman–Crippen LogP) is 16.0. The molecule has 0 aliphatic rings. The lowest BCUT2D eigenvalue weighted by Crippen LogP contribution is -1.98. The fourth-order valence-corrected chi connectivity index (χ4v) is 8.71. The van der Waals surface area contributed by atoms with Crippen molar-refractivity contribution in [3.63, 3.8) is 0 Å². The molecule has 0 radical (unpaired) electrons. The average molecular weight is 802 g/mol. The van der Waals surface area contributed by atoms with Crippen LogP contribution in [-0.2, 0) is 0 Å². The first-order valence-electron chi connectivity index (χ1n) is 21.6. The lowest BCUT2D eigenvalue weighted by atomic mass is 9.84. The Bertz CT molecular complexity index is 3100. The van der Waals surface area contributed by atoms with Crippen LogP contribution < -0.4 is 0 Å².